The predicted octanol–water partition coefficient (Wildman–Crippen LogP) is 5.87. The molecule has 4 aliphatic heterocycles. The Bertz CT molecular complexity index is 3140. The molecule has 4 aliphatic rings. The molecule has 18 nitrogen and oxygen atoms in total. The van der Waals surface area contributed by atoms with Crippen molar-refractivity contribution in [1.82, 2.24) is 39.6 Å². The lowest BCUT2D eigenvalue weighted by atomic mass is 9.94. The lowest BCUT2D eigenvalue weighted by Crippen LogP contribution is -2.48. The highest BCUT2D eigenvalue weighted by Crippen LogP contribution is 2.44. The average molecular weight is 992 g/mol. The Morgan fingerprint density at radius 2 is 1.82 bits per heavy atom. The number of hydrogen-bond donors (Lipinski definition) is 3. The van der Waals surface area contributed by atoms with Gasteiger partial charge in [-0.15, -0.1) is 0 Å². The zero-order chi connectivity index (χ0) is 50.3. The highest BCUT2D eigenvalue weighted by molar-refractivity contribution is 6.01. The van der Waals surface area contributed by atoms with Gasteiger partial charge in [0.1, 0.15) is 54.5 Å². The number of aryl methyl sites for hydroxylation is 2. The first kappa shape index (κ1) is 48.8. The second kappa shape index (κ2) is 20.0. The van der Waals surface area contributed by atoms with Crippen LogP contribution in [-0.2, 0) is 32.5 Å². The third-order valence-electron chi connectivity index (χ3n) is 14.8. The van der Waals surface area contributed by atoms with E-state index in [1.807, 2.05) is 17.9 Å². The Hall–Kier alpha value is -6.77. The molecule has 72 heavy (non-hydrogen) atoms. The van der Waals surface area contributed by atoms with Crippen LogP contribution in [0, 0.1) is 11.6 Å². The van der Waals surface area contributed by atoms with Crippen LogP contribution in [0.1, 0.15) is 76.8 Å². The Morgan fingerprint density at radius 1 is 0.972 bits per heavy atom. The Balaban J connectivity index is 0.742. The molecule has 0 saturated carbocycles. The van der Waals surface area contributed by atoms with Crippen LogP contribution in [-0.4, -0.2) is 128 Å². The van der Waals surface area contributed by atoms with E-state index in [9.17, 15) is 24.3 Å². The number of imidazole rings is 1. The second-order valence-corrected chi connectivity index (χ2v) is 19.6. The number of aliphatic hydroxyl groups is 1. The molecule has 6 aromatic rings. The van der Waals surface area contributed by atoms with Gasteiger partial charge in [-0.2, -0.15) is 9.97 Å². The maximum atomic E-state index is 17.1. The van der Waals surface area contributed by atoms with Gasteiger partial charge in [-0.3, -0.25) is 33.9 Å². The van der Waals surface area contributed by atoms with E-state index < -0.39 is 29.5 Å². The van der Waals surface area contributed by atoms with E-state index in [-0.39, 0.29) is 105 Å². The van der Waals surface area contributed by atoms with Gasteiger partial charge < -0.3 is 34.3 Å². The zero-order valence-electron chi connectivity index (χ0n) is 40.7. The number of nitrogens with zero attached hydrogens (tertiary/aromatic N) is 7. The van der Waals surface area contributed by atoms with Crippen LogP contribution in [0.5, 0.6) is 11.8 Å². The molecule has 0 spiro atoms. The second-order valence-electron chi connectivity index (χ2n) is 19.6. The molecule has 380 valence electrons. The number of anilines is 1. The minimum atomic E-state index is -0.986. The molecule has 3 aromatic heterocycles. The van der Waals surface area contributed by atoms with Crippen molar-refractivity contribution < 1.29 is 47.2 Å². The number of benzene rings is 3. The van der Waals surface area contributed by atoms with Crippen molar-refractivity contribution in [2.75, 3.05) is 64.1 Å². The number of imide groups is 1. The quantitative estimate of drug-likeness (QED) is 0.0768. The number of carbonyl (C=O) groups excluding carboxylic acids is 3. The summed E-state index contributed by atoms with van der Waals surface area (Å²) in [7, 11) is 1.61. The number of halogens is 2. The molecule has 0 bridgehead atoms. The first-order chi connectivity index (χ1) is 34.7. The number of alkyl carbamates (subject to hydrolysis) is 1. The Kier molecular flexibility index (Phi) is 13.6. The molecule has 3 aromatic carbocycles. The highest BCUT2D eigenvalue weighted by atomic mass is 19.1. The molecule has 0 radical (unpaired) electrons. The molecule has 3 amide bonds. The maximum Gasteiger partial charge on any atom is 0.407 e. The normalized spacial score (nSPS) is 22.4. The van der Waals surface area contributed by atoms with E-state index in [1.165, 1.54) is 15.2 Å². The first-order valence-electron chi connectivity index (χ1n) is 24.8. The van der Waals surface area contributed by atoms with Gasteiger partial charge in [0, 0.05) is 57.0 Å². The van der Waals surface area contributed by atoms with Gasteiger partial charge in [0.2, 0.25) is 11.8 Å². The number of piperidine rings is 2. The third kappa shape index (κ3) is 9.42. The van der Waals surface area contributed by atoms with Gasteiger partial charge >= 0.3 is 17.8 Å². The third-order valence-corrected chi connectivity index (χ3v) is 14.8. The Morgan fingerprint density at radius 3 is 2.64 bits per heavy atom. The maximum absolute atomic E-state index is 17.1. The standard InChI is InChI=1S/C52H59F2N9O9/c1-4-34-37(53)12-10-31-8-5-9-35(42(31)34)44-43(54)45-36(27-56-44)46(61-21-6-17-51(2,68)29-61)59-48(58-45)72-30-52-18-7-22-62(52)32(16-19-52)28-71-49(66)55-20-23-69-24-25-70-33-11-13-38-40(26-33)60(3)50(67)63(38)39-14-15-41(64)57-47(39)65/h5,8-13,26-27,32,39,68H,4,6-7,14-25,28-30H2,1-3H3,(H,55,66)(H,57,64,65)/t32-,39?,51+,52-/m0/s1. The number of fused-ring (bicyclic) bond motifs is 4. The van der Waals surface area contributed by atoms with E-state index in [0.29, 0.717) is 70.3 Å². The number of pyridine rings is 1. The topological polar surface area (TPSA) is 204 Å². The van der Waals surface area contributed by atoms with Gasteiger partial charge in [-0.05, 0) is 99.4 Å². The lowest BCUT2D eigenvalue weighted by Gasteiger charge is -2.38. The number of aromatic nitrogens is 5. The summed E-state index contributed by atoms with van der Waals surface area (Å²) in [4.78, 5) is 68.5. The van der Waals surface area contributed by atoms with Crippen molar-refractivity contribution >= 4 is 56.4 Å². The van der Waals surface area contributed by atoms with E-state index >= 15 is 8.78 Å². The zero-order valence-corrected chi connectivity index (χ0v) is 40.7. The summed E-state index contributed by atoms with van der Waals surface area (Å²) in [6.07, 6.45) is 6.44. The monoisotopic (exact) mass is 991 g/mol. The fraction of sp³-hybridized carbons (Fsp3) is 0.481. The average Bonchev–Trinajstić information content (AvgIpc) is 4.01. The number of nitrogens with one attached hydrogen (secondary N) is 2. The van der Waals surface area contributed by atoms with E-state index in [2.05, 4.69) is 25.5 Å². The first-order valence-corrected chi connectivity index (χ1v) is 24.8. The summed E-state index contributed by atoms with van der Waals surface area (Å²) in [5.74, 6) is -0.968. The van der Waals surface area contributed by atoms with Crippen LogP contribution >= 0.6 is 0 Å². The summed E-state index contributed by atoms with van der Waals surface area (Å²) in [6, 6.07) is 12.9. The van der Waals surface area contributed by atoms with Crippen molar-refractivity contribution in [1.29, 1.82) is 0 Å². The molecule has 4 atom stereocenters. The fourth-order valence-electron chi connectivity index (χ4n) is 11.3. The van der Waals surface area contributed by atoms with Gasteiger partial charge in [0.25, 0.3) is 0 Å². The van der Waals surface area contributed by atoms with Crippen LogP contribution in [0.15, 0.2) is 59.5 Å². The summed E-state index contributed by atoms with van der Waals surface area (Å²) in [5, 5.41) is 17.9. The molecule has 10 rings (SSSR count). The summed E-state index contributed by atoms with van der Waals surface area (Å²) >= 11 is 0. The minimum absolute atomic E-state index is 0.0000882. The van der Waals surface area contributed by atoms with Crippen LogP contribution in [0.25, 0.3) is 44.0 Å². The van der Waals surface area contributed by atoms with Gasteiger partial charge in [0.15, 0.2) is 5.82 Å². The Labute approximate surface area is 413 Å². The molecule has 7 heterocycles. The number of amides is 3. The van der Waals surface area contributed by atoms with Gasteiger partial charge in [-0.1, -0.05) is 31.2 Å². The van der Waals surface area contributed by atoms with Gasteiger partial charge in [-0.25, -0.2) is 18.4 Å². The lowest BCUT2D eigenvalue weighted by molar-refractivity contribution is -0.135. The highest BCUT2D eigenvalue weighted by Gasteiger charge is 2.50. The molecule has 0 aliphatic carbocycles. The van der Waals surface area contributed by atoms with Crippen molar-refractivity contribution in [3.05, 3.63) is 82.4 Å². The fourth-order valence-corrected chi connectivity index (χ4v) is 11.3. The largest absolute Gasteiger partial charge is 0.491 e. The van der Waals surface area contributed by atoms with Gasteiger partial charge in [0.05, 0.1) is 40.8 Å². The van der Waals surface area contributed by atoms with Crippen molar-refractivity contribution in [3.63, 3.8) is 0 Å². The van der Waals surface area contributed by atoms with Crippen molar-refractivity contribution in [2.24, 2.45) is 7.05 Å². The SMILES string of the molecule is CCc1c(F)ccc2cccc(-c3ncc4c(N5CCC[C@@](C)(O)C5)nc(OC[C@@]56CCCN5[C@H](COC(=O)NCCOCCOc5ccc7c(c5)n(C)c(=O)n7C5CCC(=O)NC5=O)CC6)nc4c3F)c12. The van der Waals surface area contributed by atoms with Crippen molar-refractivity contribution in [2.45, 2.75) is 94.9 Å². The summed E-state index contributed by atoms with van der Waals surface area (Å²) < 4.78 is 58.8. The number of carbonyl (C=O) groups is 3. The number of hydrogen-bond acceptors (Lipinski definition) is 14. The number of rotatable bonds is 16. The van der Waals surface area contributed by atoms with E-state index in [1.54, 1.807) is 56.6 Å². The smallest absolute Gasteiger partial charge is 0.407 e. The van der Waals surface area contributed by atoms with Crippen LogP contribution in [0.2, 0.25) is 0 Å². The molecule has 1 unspecified atom stereocenters. The van der Waals surface area contributed by atoms with Crippen LogP contribution in [0.4, 0.5) is 19.4 Å². The molecule has 20 heteroatoms. The van der Waals surface area contributed by atoms with E-state index in [4.69, 9.17) is 23.9 Å². The molecule has 4 saturated heterocycles. The summed E-state index contributed by atoms with van der Waals surface area (Å²) in [5.41, 5.74) is 0.415. The van der Waals surface area contributed by atoms with Crippen molar-refractivity contribution in [3.8, 4) is 23.0 Å². The predicted molar refractivity (Wildman–Crippen MR) is 263 cm³/mol. The molecule has 4 fully saturated rings. The minimum Gasteiger partial charge on any atom is -0.491 e. The number of ether oxygens (including phenoxy) is 4. The van der Waals surface area contributed by atoms with Crippen LogP contribution < -0.4 is 30.7 Å². The summed E-state index contributed by atoms with van der Waals surface area (Å²) in [6.45, 7) is 6.58. The molecule has 3 N–H and O–H groups in total. The molecular weight excluding hydrogens is 933 g/mol. The van der Waals surface area contributed by atoms with E-state index in [0.717, 1.165) is 37.6 Å². The molecular formula is C52H59F2N9O9. The number of β-amino-alcohol motifs (C(OH)–C–C–N with tert-alkyl or cyclic N) is 1. The van der Waals surface area contributed by atoms with Crippen LogP contribution in [0.3, 0.4) is 0 Å².